The second-order valence-electron chi connectivity index (χ2n) is 6.75. The zero-order chi connectivity index (χ0) is 20.2. The highest BCUT2D eigenvalue weighted by Gasteiger charge is 2.17. The number of nitrogens with zero attached hydrogens (tertiary/aromatic N) is 2. The van der Waals surface area contributed by atoms with Crippen LogP contribution < -0.4 is 20.7 Å². The molecule has 0 aliphatic carbocycles. The largest absolute Gasteiger partial charge is 0.457 e. The number of piperazine rings is 1. The topological polar surface area (TPSA) is 80.5 Å². The molecule has 1 saturated heterocycles. The fourth-order valence-electron chi connectivity index (χ4n) is 3.26. The monoisotopic (exact) mass is 392 g/mol. The molecule has 0 unspecified atom stereocenters. The lowest BCUT2D eigenvalue weighted by Gasteiger charge is -2.29. The molecule has 4 rings (SSSR count). The Kier molecular flexibility index (Phi) is 5.39. The quantitative estimate of drug-likeness (QED) is 0.697. The van der Waals surface area contributed by atoms with Gasteiger partial charge in [-0.2, -0.15) is 0 Å². The molecule has 1 amide bonds. The van der Waals surface area contributed by atoms with Crippen LogP contribution >= 0.6 is 0 Å². The van der Waals surface area contributed by atoms with Crippen molar-refractivity contribution < 1.29 is 13.9 Å². The van der Waals surface area contributed by atoms with E-state index in [2.05, 4.69) is 10.2 Å². The number of carbonyl (C=O) groups excluding carboxylic acids is 1. The molecule has 3 N–H and O–H groups in total. The summed E-state index contributed by atoms with van der Waals surface area (Å²) >= 11 is 0. The lowest BCUT2D eigenvalue weighted by molar-refractivity contribution is 0.100. The Morgan fingerprint density at radius 1 is 0.966 bits per heavy atom. The zero-order valence-electron chi connectivity index (χ0n) is 15.8. The number of amides is 1. The maximum absolute atomic E-state index is 13.0. The fraction of sp³-hybridized carbons (Fsp3) is 0.182. The van der Waals surface area contributed by atoms with E-state index in [-0.39, 0.29) is 5.82 Å². The van der Waals surface area contributed by atoms with Gasteiger partial charge in [0.25, 0.3) is 5.91 Å². The Morgan fingerprint density at radius 2 is 1.59 bits per heavy atom. The van der Waals surface area contributed by atoms with Crippen LogP contribution in [-0.2, 0) is 0 Å². The average molecular weight is 392 g/mol. The summed E-state index contributed by atoms with van der Waals surface area (Å²) in [6.07, 6.45) is 0. The number of ether oxygens (including phenoxy) is 1. The summed E-state index contributed by atoms with van der Waals surface area (Å²) in [5.74, 6) is 1.11. The number of carbonyl (C=O) groups is 1. The second kappa shape index (κ2) is 8.28. The van der Waals surface area contributed by atoms with E-state index in [1.807, 2.05) is 18.2 Å². The molecule has 0 atom stereocenters. The Labute approximate surface area is 168 Å². The Balaban J connectivity index is 1.61. The zero-order valence-corrected chi connectivity index (χ0v) is 15.8. The van der Waals surface area contributed by atoms with Gasteiger partial charge in [-0.15, -0.1) is 0 Å². The van der Waals surface area contributed by atoms with Crippen molar-refractivity contribution in [3.8, 4) is 22.8 Å². The van der Waals surface area contributed by atoms with Gasteiger partial charge in [-0.25, -0.2) is 9.37 Å². The molecule has 6 nitrogen and oxygen atoms in total. The molecule has 148 valence electrons. The van der Waals surface area contributed by atoms with E-state index < -0.39 is 5.91 Å². The standard InChI is InChI=1S/C22H21FN4O2/c23-16-3-7-18(8-4-16)29-17-5-1-15(2-6-17)21-19(22(24)28)9-10-20(26-21)27-13-11-25-12-14-27/h1-10,25H,11-14H2,(H2,24,28). The molecular weight excluding hydrogens is 371 g/mol. The first-order chi connectivity index (χ1) is 14.1. The summed E-state index contributed by atoms with van der Waals surface area (Å²) in [5, 5.41) is 3.31. The van der Waals surface area contributed by atoms with Gasteiger partial charge in [-0.1, -0.05) is 0 Å². The maximum Gasteiger partial charge on any atom is 0.250 e. The number of hydrogen-bond donors (Lipinski definition) is 2. The summed E-state index contributed by atoms with van der Waals surface area (Å²) < 4.78 is 18.8. The third kappa shape index (κ3) is 4.35. The number of nitrogens with one attached hydrogen (secondary N) is 1. The van der Waals surface area contributed by atoms with E-state index in [9.17, 15) is 9.18 Å². The van der Waals surface area contributed by atoms with Crippen molar-refractivity contribution >= 4 is 11.7 Å². The van der Waals surface area contributed by atoms with Crippen LogP contribution in [0.15, 0.2) is 60.7 Å². The second-order valence-corrected chi connectivity index (χ2v) is 6.75. The van der Waals surface area contributed by atoms with Crippen LogP contribution in [0.3, 0.4) is 0 Å². The Bertz CT molecular complexity index is 1000. The van der Waals surface area contributed by atoms with Crippen LogP contribution in [0.2, 0.25) is 0 Å². The molecule has 0 saturated carbocycles. The maximum atomic E-state index is 13.0. The van der Waals surface area contributed by atoms with Crippen molar-refractivity contribution in [2.75, 3.05) is 31.1 Å². The molecule has 7 heteroatoms. The third-order valence-corrected chi connectivity index (χ3v) is 4.76. The number of pyridine rings is 1. The molecule has 0 bridgehead atoms. The van der Waals surface area contributed by atoms with Crippen LogP contribution in [-0.4, -0.2) is 37.1 Å². The van der Waals surface area contributed by atoms with Crippen molar-refractivity contribution in [3.63, 3.8) is 0 Å². The van der Waals surface area contributed by atoms with E-state index in [1.54, 1.807) is 30.3 Å². The number of nitrogens with two attached hydrogens (primary N) is 1. The van der Waals surface area contributed by atoms with Crippen LogP contribution in [0.4, 0.5) is 10.2 Å². The summed E-state index contributed by atoms with van der Waals surface area (Å²) in [6.45, 7) is 3.49. The minimum absolute atomic E-state index is 0.317. The summed E-state index contributed by atoms with van der Waals surface area (Å²) in [6, 6.07) is 16.6. The Hall–Kier alpha value is -3.45. The first-order valence-corrected chi connectivity index (χ1v) is 9.40. The molecule has 0 spiro atoms. The van der Waals surface area contributed by atoms with Crippen molar-refractivity contribution in [1.82, 2.24) is 10.3 Å². The lowest BCUT2D eigenvalue weighted by atomic mass is 10.0. The molecular formula is C22H21FN4O2. The van der Waals surface area contributed by atoms with Crippen LogP contribution in [0.5, 0.6) is 11.5 Å². The minimum atomic E-state index is -0.522. The highest BCUT2D eigenvalue weighted by atomic mass is 19.1. The van der Waals surface area contributed by atoms with E-state index in [0.717, 1.165) is 37.6 Å². The first kappa shape index (κ1) is 18.9. The molecule has 1 fully saturated rings. The highest BCUT2D eigenvalue weighted by molar-refractivity contribution is 5.99. The van der Waals surface area contributed by atoms with E-state index in [1.165, 1.54) is 12.1 Å². The van der Waals surface area contributed by atoms with Gasteiger partial charge in [0.1, 0.15) is 23.1 Å². The van der Waals surface area contributed by atoms with Gasteiger partial charge in [0.05, 0.1) is 11.3 Å². The number of rotatable bonds is 5. The fourth-order valence-corrected chi connectivity index (χ4v) is 3.26. The average Bonchev–Trinajstić information content (AvgIpc) is 2.76. The normalized spacial score (nSPS) is 13.9. The van der Waals surface area contributed by atoms with Gasteiger partial charge in [-0.3, -0.25) is 4.79 Å². The van der Waals surface area contributed by atoms with E-state index in [0.29, 0.717) is 22.8 Å². The number of benzene rings is 2. The molecule has 1 aliphatic rings. The molecule has 3 aromatic rings. The highest BCUT2D eigenvalue weighted by Crippen LogP contribution is 2.28. The smallest absolute Gasteiger partial charge is 0.250 e. The number of hydrogen-bond acceptors (Lipinski definition) is 5. The Morgan fingerprint density at radius 3 is 2.21 bits per heavy atom. The summed E-state index contributed by atoms with van der Waals surface area (Å²) in [5.41, 5.74) is 7.25. The lowest BCUT2D eigenvalue weighted by Crippen LogP contribution is -2.44. The molecule has 2 heterocycles. The molecule has 2 aromatic carbocycles. The molecule has 1 aliphatic heterocycles. The molecule has 1 aromatic heterocycles. The van der Waals surface area contributed by atoms with Gasteiger partial charge >= 0.3 is 0 Å². The van der Waals surface area contributed by atoms with Gasteiger partial charge < -0.3 is 20.7 Å². The molecule has 0 radical (unpaired) electrons. The molecule has 29 heavy (non-hydrogen) atoms. The van der Waals surface area contributed by atoms with Gasteiger partial charge in [-0.05, 0) is 60.7 Å². The van der Waals surface area contributed by atoms with Gasteiger partial charge in [0.2, 0.25) is 0 Å². The van der Waals surface area contributed by atoms with Crippen molar-refractivity contribution in [2.24, 2.45) is 5.73 Å². The van der Waals surface area contributed by atoms with Crippen LogP contribution in [0, 0.1) is 5.82 Å². The summed E-state index contributed by atoms with van der Waals surface area (Å²) in [7, 11) is 0. The predicted octanol–water partition coefficient (Wildman–Crippen LogP) is 3.19. The van der Waals surface area contributed by atoms with Crippen molar-refractivity contribution in [2.45, 2.75) is 0 Å². The summed E-state index contributed by atoms with van der Waals surface area (Å²) in [4.78, 5) is 18.8. The van der Waals surface area contributed by atoms with Gasteiger partial charge in [0.15, 0.2) is 0 Å². The number of anilines is 1. The first-order valence-electron chi connectivity index (χ1n) is 9.40. The third-order valence-electron chi connectivity index (χ3n) is 4.76. The minimum Gasteiger partial charge on any atom is -0.457 e. The van der Waals surface area contributed by atoms with Crippen molar-refractivity contribution in [3.05, 3.63) is 72.0 Å². The SMILES string of the molecule is NC(=O)c1ccc(N2CCNCC2)nc1-c1ccc(Oc2ccc(F)cc2)cc1. The number of halogens is 1. The van der Waals surface area contributed by atoms with Gasteiger partial charge in [0, 0.05) is 31.7 Å². The number of aromatic nitrogens is 1. The van der Waals surface area contributed by atoms with Crippen LogP contribution in [0.25, 0.3) is 11.3 Å². The van der Waals surface area contributed by atoms with Crippen molar-refractivity contribution in [1.29, 1.82) is 0 Å². The van der Waals surface area contributed by atoms with E-state index >= 15 is 0 Å². The van der Waals surface area contributed by atoms with Crippen LogP contribution in [0.1, 0.15) is 10.4 Å². The van der Waals surface area contributed by atoms with E-state index in [4.69, 9.17) is 15.5 Å². The number of primary amides is 1. The predicted molar refractivity (Wildman–Crippen MR) is 110 cm³/mol.